The lowest BCUT2D eigenvalue weighted by Gasteiger charge is -2.31. The van der Waals surface area contributed by atoms with Gasteiger partial charge < -0.3 is 25.5 Å². The first-order valence-electron chi connectivity index (χ1n) is 25.8. The third-order valence-corrected chi connectivity index (χ3v) is 13.4. The Labute approximate surface area is 456 Å². The number of hydrogen-bond donors (Lipinski definition) is 4. The van der Waals surface area contributed by atoms with Gasteiger partial charge in [-0.3, -0.25) is 0 Å². The van der Waals surface area contributed by atoms with E-state index in [1.165, 1.54) is 22.4 Å². The van der Waals surface area contributed by atoms with Gasteiger partial charge in [0.1, 0.15) is 11.5 Å². The second-order valence-corrected chi connectivity index (χ2v) is 18.3. The number of nitrogens with zero attached hydrogens (tertiary/aromatic N) is 1. The number of aliphatic hydroxyl groups is 1. The fourth-order valence-electron chi connectivity index (χ4n) is 9.62. The molecule has 8 aromatic carbocycles. The van der Waals surface area contributed by atoms with E-state index < -0.39 is 0 Å². The van der Waals surface area contributed by atoms with Gasteiger partial charge in [0.15, 0.2) is 0 Å². The van der Waals surface area contributed by atoms with E-state index in [1.54, 1.807) is 18.2 Å². The molecular formula is C72H68N2O3. The average molecular weight is 1010 g/mol. The number of fused-ring (bicyclic) bond motifs is 1. The number of rotatable bonds is 16. The van der Waals surface area contributed by atoms with Gasteiger partial charge in [0.2, 0.25) is 0 Å². The van der Waals surface area contributed by atoms with Gasteiger partial charge in [-0.05, 0) is 106 Å². The van der Waals surface area contributed by atoms with Crippen molar-refractivity contribution >= 4 is 45.1 Å². The van der Waals surface area contributed by atoms with Crippen LogP contribution in [-0.2, 0) is 0 Å². The van der Waals surface area contributed by atoms with Crippen LogP contribution >= 0.6 is 0 Å². The molecule has 0 radical (unpaired) electrons. The molecule has 384 valence electrons. The molecule has 5 heteroatoms. The summed E-state index contributed by atoms with van der Waals surface area (Å²) in [6, 6.07) is 63.0. The molecule has 8 aromatic rings. The summed E-state index contributed by atoms with van der Waals surface area (Å²) in [5.74, 6) is 0.503. The monoisotopic (exact) mass is 1010 g/mol. The number of para-hydroxylation sites is 3. The molecule has 0 amide bonds. The molecule has 0 heterocycles. The van der Waals surface area contributed by atoms with E-state index in [-0.39, 0.29) is 23.3 Å². The first kappa shape index (κ1) is 55.2. The number of aliphatic hydroxyl groups excluding tert-OH is 1. The molecule has 0 aromatic heterocycles. The van der Waals surface area contributed by atoms with Gasteiger partial charge in [-0.25, -0.2) is 0 Å². The average Bonchev–Trinajstić information content (AvgIpc) is 3.50. The summed E-state index contributed by atoms with van der Waals surface area (Å²) in [5.41, 5.74) is 14.2. The first-order valence-corrected chi connectivity index (χ1v) is 25.8. The summed E-state index contributed by atoms with van der Waals surface area (Å²) in [6.45, 7) is 18.6. The molecule has 2 unspecified atom stereocenters. The van der Waals surface area contributed by atoms with Crippen LogP contribution in [0.25, 0.3) is 50.2 Å². The Bertz CT molecular complexity index is 3520. The second-order valence-electron chi connectivity index (χ2n) is 18.3. The highest BCUT2D eigenvalue weighted by atomic mass is 16.3. The van der Waals surface area contributed by atoms with Crippen LogP contribution in [0.4, 0.5) is 17.1 Å². The summed E-state index contributed by atoms with van der Waals surface area (Å²) < 4.78 is 0. The maximum absolute atomic E-state index is 13.1. The van der Waals surface area contributed by atoms with Gasteiger partial charge in [-0.1, -0.05) is 244 Å². The molecule has 0 aliphatic heterocycles. The van der Waals surface area contributed by atoms with Gasteiger partial charge in [-0.2, -0.15) is 0 Å². The summed E-state index contributed by atoms with van der Waals surface area (Å²) in [7, 11) is 1.95. The highest BCUT2D eigenvalue weighted by Gasteiger charge is 2.26. The zero-order valence-electron chi connectivity index (χ0n) is 44.3. The van der Waals surface area contributed by atoms with Crippen LogP contribution in [-0.4, -0.2) is 22.4 Å². The molecule has 0 bridgehead atoms. The molecule has 0 saturated heterocycles. The zero-order chi connectivity index (χ0) is 54.5. The number of nitrogens with one attached hydrogen (secondary N) is 1. The van der Waals surface area contributed by atoms with Gasteiger partial charge >= 0.3 is 0 Å². The maximum Gasteiger partial charge on any atom is 0.148 e. The zero-order valence-corrected chi connectivity index (χ0v) is 44.3. The standard InChI is InChI=1S/C57H51NO3.C13H13N.C2H4/c1-5-44-25-9-11-31-49(44)52(38-43-24-20-29-46(37-43)40(2)21-17-18-36-59)56-51-33-12-10-28-47(51)39-54(57(56)61)58(53-34-15-13-32-50(53)45-26-7-6-8-27-45)42(4)23-19-22-41(3)48-30-14-16-35-55(48)60;1-14-13-10-6-5-9-12(13)11-7-3-2-4-8-11;1-2/h5-36,38-40,43,59-61H,1,3,37H2,2,4H3;2-10,14H,1H3;1-2H2/b21-17-,22-19-,36-18-,42-23+,52-38+;;. The molecule has 77 heavy (non-hydrogen) atoms. The third kappa shape index (κ3) is 13.6. The number of hydrogen-bond acceptors (Lipinski definition) is 5. The van der Waals surface area contributed by atoms with Crippen LogP contribution in [0.1, 0.15) is 42.5 Å². The van der Waals surface area contributed by atoms with Gasteiger partial charge in [0.05, 0.1) is 17.6 Å². The van der Waals surface area contributed by atoms with Crippen LogP contribution in [0, 0.1) is 11.8 Å². The molecule has 2 atom stereocenters. The minimum absolute atomic E-state index is 0.0257. The molecule has 1 aliphatic carbocycles. The van der Waals surface area contributed by atoms with Crippen LogP contribution in [0.3, 0.4) is 0 Å². The van der Waals surface area contributed by atoms with E-state index in [2.05, 4.69) is 171 Å². The van der Waals surface area contributed by atoms with Gasteiger partial charge in [0, 0.05) is 40.7 Å². The summed E-state index contributed by atoms with van der Waals surface area (Å²) in [4.78, 5) is 2.13. The van der Waals surface area contributed by atoms with E-state index in [0.29, 0.717) is 16.8 Å². The lowest BCUT2D eigenvalue weighted by atomic mass is 9.82. The van der Waals surface area contributed by atoms with E-state index >= 15 is 0 Å². The largest absolute Gasteiger partial charge is 0.516 e. The number of phenolic OH excluding ortho intramolecular Hbond substituents is 2. The van der Waals surface area contributed by atoms with Crippen molar-refractivity contribution in [3.63, 3.8) is 0 Å². The van der Waals surface area contributed by atoms with Crippen LogP contribution in [0.2, 0.25) is 0 Å². The van der Waals surface area contributed by atoms with Gasteiger partial charge in [-0.15, -0.1) is 13.2 Å². The Hall–Kier alpha value is -9.58. The Morgan fingerprint density at radius 1 is 0.688 bits per heavy atom. The number of benzene rings is 8. The van der Waals surface area contributed by atoms with Crippen molar-refractivity contribution in [2.75, 3.05) is 17.3 Å². The van der Waals surface area contributed by atoms with Crippen molar-refractivity contribution in [2.24, 2.45) is 11.8 Å². The molecule has 0 fully saturated rings. The van der Waals surface area contributed by atoms with Crippen molar-refractivity contribution in [2.45, 2.75) is 20.3 Å². The highest BCUT2D eigenvalue weighted by molar-refractivity contribution is 6.05. The fraction of sp³-hybridized carbons (Fsp3) is 0.0833. The summed E-state index contributed by atoms with van der Waals surface area (Å²) >= 11 is 0. The smallest absolute Gasteiger partial charge is 0.148 e. The van der Waals surface area contributed by atoms with E-state index in [0.717, 1.165) is 68.2 Å². The van der Waals surface area contributed by atoms with E-state index in [1.807, 2.05) is 123 Å². The highest BCUT2D eigenvalue weighted by Crippen LogP contribution is 2.49. The van der Waals surface area contributed by atoms with E-state index in [4.69, 9.17) is 0 Å². The summed E-state index contributed by atoms with van der Waals surface area (Å²) in [6.07, 6.45) is 23.9. The normalized spacial score (nSPS) is 13.8. The van der Waals surface area contributed by atoms with Crippen molar-refractivity contribution in [1.29, 1.82) is 0 Å². The minimum Gasteiger partial charge on any atom is -0.516 e. The molecular weight excluding hydrogens is 941 g/mol. The number of phenols is 2. The molecule has 0 saturated carbocycles. The Balaban J connectivity index is 0.000000461. The molecule has 5 nitrogen and oxygen atoms in total. The fourth-order valence-corrected chi connectivity index (χ4v) is 9.62. The molecule has 4 N–H and O–H groups in total. The Morgan fingerprint density at radius 3 is 2.00 bits per heavy atom. The number of anilines is 3. The second kappa shape index (κ2) is 27.6. The third-order valence-electron chi connectivity index (χ3n) is 13.4. The lowest BCUT2D eigenvalue weighted by Crippen LogP contribution is -2.16. The quantitative estimate of drug-likeness (QED) is 0.0441. The molecule has 0 spiro atoms. The Morgan fingerprint density at radius 2 is 1.30 bits per heavy atom. The van der Waals surface area contributed by atoms with Crippen LogP contribution in [0.15, 0.2) is 293 Å². The Kier molecular flexibility index (Phi) is 19.8. The van der Waals surface area contributed by atoms with Gasteiger partial charge in [0.25, 0.3) is 0 Å². The summed E-state index contributed by atoms with van der Waals surface area (Å²) in [5, 5.41) is 38.0. The predicted octanol–water partition coefficient (Wildman–Crippen LogP) is 19.3. The topological polar surface area (TPSA) is 76.0 Å². The minimum atomic E-state index is 0.0257. The van der Waals surface area contributed by atoms with Crippen LogP contribution in [0.5, 0.6) is 11.5 Å². The number of aromatic hydroxyl groups is 2. The van der Waals surface area contributed by atoms with Crippen molar-refractivity contribution in [1.82, 2.24) is 0 Å². The number of allylic oxidation sites excluding steroid dienone is 13. The van der Waals surface area contributed by atoms with Crippen molar-refractivity contribution in [3.8, 4) is 33.8 Å². The van der Waals surface area contributed by atoms with Crippen molar-refractivity contribution in [3.05, 3.63) is 315 Å². The predicted molar refractivity (Wildman–Crippen MR) is 331 cm³/mol. The van der Waals surface area contributed by atoms with E-state index in [9.17, 15) is 15.3 Å². The molecule has 9 rings (SSSR count). The first-order chi connectivity index (χ1) is 37.7. The SMILES string of the molecule is C=C.C=Cc1ccccc1/C(=C\C1C=CC=C(C(C)/C=C\C=C/O)C1)c1c(O)c(N(/C(C)=C/C=C\C(=C)c2ccccc2O)c2ccccc2-c2ccccc2)cc2ccccc12.CNc1ccccc1-c1ccccc1. The molecule has 1 aliphatic rings. The van der Waals surface area contributed by atoms with Crippen molar-refractivity contribution < 1.29 is 15.3 Å². The maximum atomic E-state index is 13.1. The lowest BCUT2D eigenvalue weighted by molar-refractivity contribution is 0.473. The van der Waals surface area contributed by atoms with Crippen LogP contribution < -0.4 is 10.2 Å².